The normalized spacial score (nSPS) is 11.9. The van der Waals surface area contributed by atoms with Gasteiger partial charge < -0.3 is 25.3 Å². The number of nitrogens with one attached hydrogen (secondary N) is 1. The molecule has 2 aromatic carbocycles. The number of fused-ring (bicyclic) bond motifs is 1. The molecule has 2 amide bonds. The number of ether oxygens (including phenoxy) is 3. The maximum atomic E-state index is 14.1. The van der Waals surface area contributed by atoms with Gasteiger partial charge in [0.25, 0.3) is 5.91 Å². The monoisotopic (exact) mass is 415 g/mol. The second kappa shape index (κ2) is 7.76. The minimum atomic E-state index is -0.727. The average Bonchev–Trinajstić information content (AvgIpc) is 3.35. The van der Waals surface area contributed by atoms with Gasteiger partial charge in [0.2, 0.25) is 18.6 Å². The van der Waals surface area contributed by atoms with E-state index in [1.807, 2.05) is 0 Å². The molecule has 148 valence electrons. The van der Waals surface area contributed by atoms with Crippen molar-refractivity contribution in [1.82, 2.24) is 10.3 Å². The Morgan fingerprint density at radius 3 is 2.83 bits per heavy atom. The molecule has 0 spiro atoms. The van der Waals surface area contributed by atoms with Gasteiger partial charge in [-0.05, 0) is 24.3 Å². The molecular formula is C19H14FN3O5S. The van der Waals surface area contributed by atoms with Crippen molar-refractivity contribution in [3.8, 4) is 23.1 Å². The molecular weight excluding hydrogens is 401 g/mol. The Morgan fingerprint density at radius 2 is 2.03 bits per heavy atom. The summed E-state index contributed by atoms with van der Waals surface area (Å²) in [4.78, 5) is 27.9. The van der Waals surface area contributed by atoms with E-state index in [4.69, 9.17) is 19.9 Å². The number of carbonyl (C=O) groups excluding carboxylic acids is 2. The average molecular weight is 415 g/mol. The lowest BCUT2D eigenvalue weighted by Crippen LogP contribution is -2.23. The van der Waals surface area contributed by atoms with E-state index in [1.165, 1.54) is 17.6 Å². The van der Waals surface area contributed by atoms with E-state index in [0.29, 0.717) is 17.2 Å². The molecule has 1 aromatic heterocycles. The van der Waals surface area contributed by atoms with Crippen molar-refractivity contribution in [2.75, 3.05) is 6.79 Å². The largest absolute Gasteiger partial charge is 0.454 e. The van der Waals surface area contributed by atoms with E-state index < -0.39 is 17.6 Å². The number of primary amides is 1. The van der Waals surface area contributed by atoms with Crippen molar-refractivity contribution < 1.29 is 28.2 Å². The summed E-state index contributed by atoms with van der Waals surface area (Å²) in [6, 6.07) is 8.83. The van der Waals surface area contributed by atoms with Crippen molar-refractivity contribution in [3.63, 3.8) is 0 Å². The van der Waals surface area contributed by atoms with Gasteiger partial charge in [-0.3, -0.25) is 9.59 Å². The lowest BCUT2D eigenvalue weighted by molar-refractivity contribution is 0.0950. The first kappa shape index (κ1) is 18.7. The first-order chi connectivity index (χ1) is 14.0. The van der Waals surface area contributed by atoms with Gasteiger partial charge in [0, 0.05) is 23.7 Å². The number of hydrogen-bond acceptors (Lipinski definition) is 7. The molecule has 10 heteroatoms. The SMILES string of the molecule is NC(=O)c1ccc(CNC(=O)c2scnc2Oc2ccc3c(c2)OCO3)c(F)c1. The molecule has 1 aliphatic heterocycles. The fourth-order valence-electron chi connectivity index (χ4n) is 2.61. The molecule has 1 aliphatic rings. The molecule has 2 heterocycles. The summed E-state index contributed by atoms with van der Waals surface area (Å²) in [7, 11) is 0. The lowest BCUT2D eigenvalue weighted by Gasteiger charge is -2.08. The number of rotatable bonds is 6. The zero-order valence-electron chi connectivity index (χ0n) is 14.8. The van der Waals surface area contributed by atoms with Gasteiger partial charge in [0.15, 0.2) is 16.4 Å². The van der Waals surface area contributed by atoms with Gasteiger partial charge >= 0.3 is 0 Å². The molecule has 0 radical (unpaired) electrons. The number of halogens is 1. The number of carbonyl (C=O) groups is 2. The van der Waals surface area contributed by atoms with Crippen LogP contribution in [0.2, 0.25) is 0 Å². The number of nitrogens with zero attached hydrogens (tertiary/aromatic N) is 1. The molecule has 3 N–H and O–H groups in total. The van der Waals surface area contributed by atoms with E-state index >= 15 is 0 Å². The summed E-state index contributed by atoms with van der Waals surface area (Å²) >= 11 is 1.09. The van der Waals surface area contributed by atoms with Crippen LogP contribution in [0, 0.1) is 5.82 Å². The van der Waals surface area contributed by atoms with E-state index in [0.717, 1.165) is 17.4 Å². The Kier molecular flexibility index (Phi) is 5.00. The van der Waals surface area contributed by atoms with Crippen LogP contribution >= 0.6 is 11.3 Å². The van der Waals surface area contributed by atoms with E-state index in [2.05, 4.69) is 10.3 Å². The van der Waals surface area contributed by atoms with E-state index in [9.17, 15) is 14.0 Å². The third-order valence-electron chi connectivity index (χ3n) is 4.08. The molecule has 0 unspecified atom stereocenters. The van der Waals surface area contributed by atoms with Crippen molar-refractivity contribution in [3.05, 3.63) is 63.7 Å². The molecule has 0 saturated heterocycles. The lowest BCUT2D eigenvalue weighted by atomic mass is 10.1. The Hall–Kier alpha value is -3.66. The van der Waals surface area contributed by atoms with Gasteiger partial charge in [-0.1, -0.05) is 6.07 Å². The molecule has 8 nitrogen and oxygen atoms in total. The molecule has 29 heavy (non-hydrogen) atoms. The topological polar surface area (TPSA) is 113 Å². The molecule has 0 aliphatic carbocycles. The molecule has 0 bridgehead atoms. The third-order valence-corrected chi connectivity index (χ3v) is 4.88. The van der Waals surface area contributed by atoms with Crippen molar-refractivity contribution >= 4 is 23.2 Å². The predicted octanol–water partition coefficient (Wildman–Crippen LogP) is 2.83. The quantitative estimate of drug-likeness (QED) is 0.640. The highest BCUT2D eigenvalue weighted by Gasteiger charge is 2.19. The van der Waals surface area contributed by atoms with Crippen LogP contribution < -0.4 is 25.3 Å². The van der Waals surface area contributed by atoms with E-state index in [-0.39, 0.29) is 35.2 Å². The molecule has 0 atom stereocenters. The van der Waals surface area contributed by atoms with Crippen LogP contribution in [0.5, 0.6) is 23.1 Å². The standard InChI is InChI=1S/C19H14FN3O5S/c20-13-5-10(17(21)24)1-2-11(13)7-22-18(25)16-19(23-8-29-16)28-12-3-4-14-15(6-12)27-9-26-14/h1-6,8H,7,9H2,(H2,21,24)(H,22,25). The number of aromatic nitrogens is 1. The van der Waals surface area contributed by atoms with Crippen molar-refractivity contribution in [2.45, 2.75) is 6.54 Å². The summed E-state index contributed by atoms with van der Waals surface area (Å²) in [5.74, 6) is -0.131. The smallest absolute Gasteiger partial charge is 0.267 e. The minimum absolute atomic E-state index is 0.0550. The second-order valence-electron chi connectivity index (χ2n) is 5.96. The maximum absolute atomic E-state index is 14.1. The Bertz CT molecular complexity index is 1100. The first-order valence-corrected chi connectivity index (χ1v) is 9.26. The number of benzene rings is 2. The highest BCUT2D eigenvalue weighted by Crippen LogP contribution is 2.37. The van der Waals surface area contributed by atoms with Crippen LogP contribution in [-0.2, 0) is 6.54 Å². The fraction of sp³-hybridized carbons (Fsp3) is 0.105. The van der Waals surface area contributed by atoms with Gasteiger partial charge in [-0.15, -0.1) is 11.3 Å². The summed E-state index contributed by atoms with van der Waals surface area (Å²) < 4.78 is 30.3. The van der Waals surface area contributed by atoms with Crippen LogP contribution in [0.15, 0.2) is 41.9 Å². The highest BCUT2D eigenvalue weighted by molar-refractivity contribution is 7.12. The molecule has 0 saturated carbocycles. The molecule has 3 aromatic rings. The van der Waals surface area contributed by atoms with Crippen molar-refractivity contribution in [1.29, 1.82) is 0 Å². The number of hydrogen-bond donors (Lipinski definition) is 2. The van der Waals surface area contributed by atoms with Gasteiger partial charge in [-0.2, -0.15) is 0 Å². The summed E-state index contributed by atoms with van der Waals surface area (Å²) in [6.45, 7) is 0.0607. The maximum Gasteiger partial charge on any atom is 0.267 e. The summed E-state index contributed by atoms with van der Waals surface area (Å²) in [6.07, 6.45) is 0. The number of thiazole rings is 1. The summed E-state index contributed by atoms with van der Waals surface area (Å²) in [5.41, 5.74) is 6.86. The van der Waals surface area contributed by atoms with Crippen LogP contribution in [0.1, 0.15) is 25.6 Å². The van der Waals surface area contributed by atoms with Crippen LogP contribution in [-0.4, -0.2) is 23.6 Å². The highest BCUT2D eigenvalue weighted by atomic mass is 32.1. The fourth-order valence-corrected chi connectivity index (χ4v) is 3.24. The molecule has 0 fully saturated rings. The van der Waals surface area contributed by atoms with Crippen LogP contribution in [0.4, 0.5) is 4.39 Å². The predicted molar refractivity (Wildman–Crippen MR) is 101 cm³/mol. The van der Waals surface area contributed by atoms with Gasteiger partial charge in [-0.25, -0.2) is 9.37 Å². The third kappa shape index (κ3) is 3.97. The Morgan fingerprint density at radius 1 is 1.21 bits per heavy atom. The Labute approximate surface area is 168 Å². The van der Waals surface area contributed by atoms with Crippen LogP contribution in [0.3, 0.4) is 0 Å². The zero-order valence-corrected chi connectivity index (χ0v) is 15.6. The summed E-state index contributed by atoms with van der Waals surface area (Å²) in [5, 5.41) is 2.61. The van der Waals surface area contributed by atoms with Crippen molar-refractivity contribution in [2.24, 2.45) is 5.73 Å². The van der Waals surface area contributed by atoms with E-state index in [1.54, 1.807) is 18.2 Å². The van der Waals surface area contributed by atoms with Gasteiger partial charge in [0.05, 0.1) is 5.51 Å². The molecule has 4 rings (SSSR count). The number of amides is 2. The van der Waals surface area contributed by atoms with Crippen LogP contribution in [0.25, 0.3) is 0 Å². The Balaban J connectivity index is 1.44. The minimum Gasteiger partial charge on any atom is -0.454 e. The van der Waals surface area contributed by atoms with Gasteiger partial charge in [0.1, 0.15) is 11.6 Å². The number of nitrogens with two attached hydrogens (primary N) is 1. The first-order valence-electron chi connectivity index (χ1n) is 8.38. The zero-order chi connectivity index (χ0) is 20.4. The second-order valence-corrected chi connectivity index (χ2v) is 6.81.